The quantitative estimate of drug-likeness (QED) is 0.174. The molecule has 4 atom stereocenters. The number of carbonyl (C=O) groups is 3. The van der Waals surface area contributed by atoms with Gasteiger partial charge in [-0.3, -0.25) is 30.1 Å². The van der Waals surface area contributed by atoms with E-state index in [9.17, 15) is 24.6 Å². The molecule has 1 spiro atoms. The van der Waals surface area contributed by atoms with Crippen LogP contribution in [0.15, 0.2) is 42.5 Å². The van der Waals surface area contributed by atoms with Crippen molar-refractivity contribution >= 4 is 40.4 Å². The largest absolute Gasteiger partial charge is 0.361 e. The molecule has 2 aromatic rings. The third kappa shape index (κ3) is 3.20. The first-order valence-corrected chi connectivity index (χ1v) is 12.0. The van der Waals surface area contributed by atoms with Gasteiger partial charge in [0, 0.05) is 24.9 Å². The number of amides is 3. The van der Waals surface area contributed by atoms with Crippen molar-refractivity contribution in [2.75, 3.05) is 13.1 Å². The predicted octanol–water partition coefficient (Wildman–Crippen LogP) is -1.82. The Morgan fingerprint density at radius 3 is 2.51 bits per heavy atom. The highest BCUT2D eigenvalue weighted by Gasteiger charge is 2.74. The summed E-state index contributed by atoms with van der Waals surface area (Å²) in [4.78, 5) is 40.2. The van der Waals surface area contributed by atoms with Crippen molar-refractivity contribution in [3.05, 3.63) is 48.0 Å². The first kappa shape index (κ1) is 23.2. The van der Waals surface area contributed by atoms with E-state index < -0.39 is 35.5 Å². The SMILES string of the molecule is N=C1N[C@H]2[C@H](CN3C(=O)CCC3=O)NC(=N)N3CC(NC(=O)c4cccc5ccccc45)C(O)(O)[C@]23N1. The van der Waals surface area contributed by atoms with Crippen LogP contribution in [0, 0.1) is 10.8 Å². The summed E-state index contributed by atoms with van der Waals surface area (Å²) in [6, 6.07) is 9.60. The van der Waals surface area contributed by atoms with Crippen LogP contribution in [0.5, 0.6) is 0 Å². The lowest BCUT2D eigenvalue weighted by atomic mass is 9.84. The van der Waals surface area contributed by atoms with E-state index in [0.717, 1.165) is 10.3 Å². The molecule has 0 saturated carbocycles. The van der Waals surface area contributed by atoms with Crippen molar-refractivity contribution in [3.63, 3.8) is 0 Å². The maximum absolute atomic E-state index is 13.3. The number of hydrogen-bond donors (Lipinski definition) is 8. The number of carbonyl (C=O) groups excluding carboxylic acids is 3. The molecule has 3 amide bonds. The zero-order valence-corrected chi connectivity index (χ0v) is 19.6. The maximum Gasteiger partial charge on any atom is 0.252 e. The summed E-state index contributed by atoms with van der Waals surface area (Å²) in [5.41, 5.74) is -1.46. The molecule has 0 radical (unpaired) electrons. The average molecular weight is 507 g/mol. The van der Waals surface area contributed by atoms with Gasteiger partial charge in [0.05, 0.1) is 18.6 Å². The van der Waals surface area contributed by atoms with Gasteiger partial charge in [0.1, 0.15) is 6.04 Å². The summed E-state index contributed by atoms with van der Waals surface area (Å²) >= 11 is 0. The smallest absolute Gasteiger partial charge is 0.252 e. The molecule has 1 unspecified atom stereocenters. The second-order valence-corrected chi connectivity index (χ2v) is 9.78. The summed E-state index contributed by atoms with van der Waals surface area (Å²) in [6.45, 7) is -0.270. The van der Waals surface area contributed by atoms with Crippen LogP contribution in [-0.4, -0.2) is 92.3 Å². The molecular formula is C24H26N8O5. The molecule has 13 heteroatoms. The summed E-state index contributed by atoms with van der Waals surface area (Å²) < 4.78 is 0. The van der Waals surface area contributed by atoms with E-state index in [-0.39, 0.29) is 49.7 Å². The van der Waals surface area contributed by atoms with E-state index in [1.807, 2.05) is 24.3 Å². The molecule has 0 aliphatic carbocycles. The van der Waals surface area contributed by atoms with Crippen LogP contribution in [0.25, 0.3) is 10.8 Å². The van der Waals surface area contributed by atoms with Crippen LogP contribution >= 0.6 is 0 Å². The zero-order valence-electron chi connectivity index (χ0n) is 19.6. The predicted molar refractivity (Wildman–Crippen MR) is 130 cm³/mol. The number of imide groups is 1. The van der Waals surface area contributed by atoms with Crippen molar-refractivity contribution in [2.24, 2.45) is 0 Å². The van der Waals surface area contributed by atoms with Crippen molar-refractivity contribution in [1.29, 1.82) is 10.8 Å². The highest BCUT2D eigenvalue weighted by Crippen LogP contribution is 2.43. The second kappa shape index (κ2) is 7.88. The van der Waals surface area contributed by atoms with E-state index in [4.69, 9.17) is 10.8 Å². The minimum absolute atomic E-state index is 0.0959. The standard InChI is InChI=1S/C24H26N8O5/c25-21-29-19-15(10-31-17(33)8-9-18(31)34)27-22(26)32-11-16(24(36,37)23(19,32)30-21)28-20(35)14-7-3-5-12-4-1-2-6-13(12)14/h1-7,15-16,19,36-37H,8-11H2,(H2,26,27)(H,28,35)(H3,25,29,30)/t15-,16?,19-,23-/m0/s1. The topological polar surface area (TPSA) is 194 Å². The molecule has 192 valence electrons. The molecule has 37 heavy (non-hydrogen) atoms. The van der Waals surface area contributed by atoms with Gasteiger partial charge in [-0.25, -0.2) is 0 Å². The Hall–Kier alpha value is -4.23. The van der Waals surface area contributed by atoms with E-state index in [2.05, 4.69) is 21.3 Å². The number of guanidine groups is 2. The number of rotatable bonds is 4. The Kier molecular flexibility index (Phi) is 4.94. The number of benzene rings is 2. The normalized spacial score (nSPS) is 30.1. The van der Waals surface area contributed by atoms with Gasteiger partial charge < -0.3 is 36.4 Å². The minimum Gasteiger partial charge on any atom is -0.361 e. The van der Waals surface area contributed by atoms with Crippen LogP contribution in [0.4, 0.5) is 0 Å². The molecule has 8 N–H and O–H groups in total. The molecule has 4 aliphatic rings. The summed E-state index contributed by atoms with van der Waals surface area (Å²) in [7, 11) is 0. The van der Waals surface area contributed by atoms with Crippen LogP contribution in [0.3, 0.4) is 0 Å². The lowest BCUT2D eigenvalue weighted by molar-refractivity contribution is -0.232. The monoisotopic (exact) mass is 506 g/mol. The molecule has 4 heterocycles. The van der Waals surface area contributed by atoms with E-state index in [1.54, 1.807) is 18.2 Å². The molecule has 6 rings (SSSR count). The van der Waals surface area contributed by atoms with Crippen LogP contribution < -0.4 is 21.3 Å². The van der Waals surface area contributed by atoms with Gasteiger partial charge >= 0.3 is 0 Å². The molecule has 0 bridgehead atoms. The van der Waals surface area contributed by atoms with Gasteiger partial charge in [-0.2, -0.15) is 0 Å². The lowest BCUT2D eigenvalue weighted by Crippen LogP contribution is -2.81. The van der Waals surface area contributed by atoms with Crippen LogP contribution in [0.2, 0.25) is 0 Å². The molecular weight excluding hydrogens is 480 g/mol. The average Bonchev–Trinajstić information content (AvgIpc) is 3.46. The van der Waals surface area contributed by atoms with E-state index in [0.29, 0.717) is 10.9 Å². The number of nitrogens with zero attached hydrogens (tertiary/aromatic N) is 2. The number of hydrogen-bond acceptors (Lipinski definition) is 7. The van der Waals surface area contributed by atoms with Crippen LogP contribution in [0.1, 0.15) is 23.2 Å². The number of aliphatic hydroxyl groups is 2. The van der Waals surface area contributed by atoms with Gasteiger partial charge in [0.15, 0.2) is 17.6 Å². The Balaban J connectivity index is 1.33. The molecule has 4 fully saturated rings. The molecule has 4 saturated heterocycles. The fourth-order valence-electron chi connectivity index (χ4n) is 6.01. The number of fused-ring (bicyclic) bond motifs is 1. The molecule has 13 nitrogen and oxygen atoms in total. The Morgan fingerprint density at radius 1 is 1.05 bits per heavy atom. The maximum atomic E-state index is 13.3. The first-order chi connectivity index (χ1) is 17.6. The fourth-order valence-corrected chi connectivity index (χ4v) is 6.01. The minimum atomic E-state index is -2.65. The van der Waals surface area contributed by atoms with Gasteiger partial charge in [0.25, 0.3) is 5.91 Å². The lowest BCUT2D eigenvalue weighted by Gasteiger charge is -2.51. The Labute approximate surface area is 210 Å². The zero-order chi connectivity index (χ0) is 26.1. The Bertz CT molecular complexity index is 1360. The number of likely N-dealkylation sites (tertiary alicyclic amines) is 1. The summed E-state index contributed by atoms with van der Waals surface area (Å²) in [6.07, 6.45) is 0.192. The third-order valence-electron chi connectivity index (χ3n) is 7.77. The molecule has 0 aromatic heterocycles. The van der Waals surface area contributed by atoms with Gasteiger partial charge in [0.2, 0.25) is 17.6 Å². The number of nitrogens with one attached hydrogen (secondary N) is 6. The second-order valence-electron chi connectivity index (χ2n) is 9.78. The highest BCUT2D eigenvalue weighted by molar-refractivity contribution is 6.07. The Morgan fingerprint density at radius 2 is 1.76 bits per heavy atom. The van der Waals surface area contributed by atoms with Crippen molar-refractivity contribution in [1.82, 2.24) is 31.1 Å². The molecule has 4 aliphatic heterocycles. The summed E-state index contributed by atoms with van der Waals surface area (Å²) in [5, 5.41) is 52.8. The van der Waals surface area contributed by atoms with E-state index >= 15 is 0 Å². The van der Waals surface area contributed by atoms with Gasteiger partial charge in [-0.05, 0) is 16.8 Å². The van der Waals surface area contributed by atoms with Crippen molar-refractivity contribution in [3.8, 4) is 0 Å². The van der Waals surface area contributed by atoms with Gasteiger partial charge in [-0.15, -0.1) is 0 Å². The van der Waals surface area contributed by atoms with Gasteiger partial charge in [-0.1, -0.05) is 36.4 Å². The highest BCUT2D eigenvalue weighted by atomic mass is 16.5. The van der Waals surface area contributed by atoms with Crippen molar-refractivity contribution < 1.29 is 24.6 Å². The molecule has 2 aromatic carbocycles. The first-order valence-electron chi connectivity index (χ1n) is 12.0. The van der Waals surface area contributed by atoms with E-state index in [1.165, 1.54) is 4.90 Å². The summed E-state index contributed by atoms with van der Waals surface area (Å²) in [5.74, 6) is -4.28. The third-order valence-corrected chi connectivity index (χ3v) is 7.77. The van der Waals surface area contributed by atoms with Crippen molar-refractivity contribution in [2.45, 2.75) is 42.4 Å². The van der Waals surface area contributed by atoms with Crippen LogP contribution in [-0.2, 0) is 9.59 Å². The fraction of sp³-hybridized carbons (Fsp3) is 0.375.